The van der Waals surface area contributed by atoms with Gasteiger partial charge in [-0.05, 0) is 85.5 Å². The zero-order chi connectivity index (χ0) is 64.3. The van der Waals surface area contributed by atoms with E-state index in [0.29, 0.717) is 22.3 Å². The average molecular weight is 1200 g/mol. The van der Waals surface area contributed by atoms with Gasteiger partial charge in [-0.1, -0.05) is 104 Å². The molecule has 3 fully saturated rings. The van der Waals surface area contributed by atoms with Crippen molar-refractivity contribution < 1.29 is 76.5 Å². The lowest BCUT2D eigenvalue weighted by Crippen LogP contribution is -2.55. The van der Waals surface area contributed by atoms with E-state index in [0.717, 1.165) is 29.4 Å². The summed E-state index contributed by atoms with van der Waals surface area (Å²) in [6.07, 6.45) is -7.37. The van der Waals surface area contributed by atoms with Crippen molar-refractivity contribution in [3.05, 3.63) is 70.8 Å². The van der Waals surface area contributed by atoms with Gasteiger partial charge in [-0.3, -0.25) is 38.6 Å². The number of carbonyl (C=O) groups excluding carboxylic acids is 12. The van der Waals surface area contributed by atoms with E-state index in [9.17, 15) is 47.9 Å². The van der Waals surface area contributed by atoms with Gasteiger partial charge in [-0.25, -0.2) is 28.8 Å². The Labute approximate surface area is 504 Å². The Kier molecular flexibility index (Phi) is 24.0. The first-order chi connectivity index (χ1) is 40.2. The Hall–Kier alpha value is -7.92. The fourth-order valence-corrected chi connectivity index (χ4v) is 10.7. The number of rotatable bonds is 16. The Bertz CT molecular complexity index is 2670. The van der Waals surface area contributed by atoms with Gasteiger partial charge in [-0.15, -0.1) is 0 Å². The molecule has 2 aromatic rings. The number of hydrogen-bond donors (Lipinski definition) is 0. The van der Waals surface area contributed by atoms with Gasteiger partial charge in [0.15, 0.2) is 24.4 Å². The summed E-state index contributed by atoms with van der Waals surface area (Å²) in [6.45, 7) is 16.3. The van der Waals surface area contributed by atoms with Crippen molar-refractivity contribution >= 4 is 71.4 Å². The van der Waals surface area contributed by atoms with Gasteiger partial charge in [0, 0.05) is 55.1 Å². The van der Waals surface area contributed by atoms with Crippen molar-refractivity contribution in [3.63, 3.8) is 0 Å². The summed E-state index contributed by atoms with van der Waals surface area (Å²) in [6, 6.07) is 6.56. The first kappa shape index (κ1) is 68.9. The first-order valence-corrected chi connectivity index (χ1v) is 29.4. The molecule has 472 valence electrons. The number of ether oxygens (including phenoxy) is 4. The molecule has 24 heteroatoms. The van der Waals surface area contributed by atoms with Crippen LogP contribution in [0.15, 0.2) is 48.5 Å². The van der Waals surface area contributed by atoms with E-state index in [1.165, 1.54) is 65.9 Å². The second-order valence-corrected chi connectivity index (χ2v) is 24.6. The maximum atomic E-state index is 15.2. The van der Waals surface area contributed by atoms with Crippen molar-refractivity contribution in [2.24, 2.45) is 23.7 Å². The SMILES string of the molecule is CC(C)C[C@H]1C(=O)O[C@H](Cc2ccccc2CN2C(=O)CN(C)C2=O)C(=O)N(C)[C@@H](CC(C)C)C(=O)O[C@H](C)C(=O)N(C)[C@@H](CC(C)C)C(=O)O[C@H](Cc2ccccc2CN2C(=O)CN(C)C2=O)C(=O)N(C)[C@@H](CC(C)C)C(=O)O[C@H](C)C(=O)N1C. The van der Waals surface area contributed by atoms with Crippen LogP contribution in [-0.4, -0.2) is 215 Å². The lowest BCUT2D eigenvalue weighted by molar-refractivity contribution is -0.176. The Morgan fingerprint density at radius 3 is 0.895 bits per heavy atom. The summed E-state index contributed by atoms with van der Waals surface area (Å²) < 4.78 is 24.2. The predicted octanol–water partition coefficient (Wildman–Crippen LogP) is 4.45. The molecule has 0 radical (unpaired) electrons. The summed E-state index contributed by atoms with van der Waals surface area (Å²) in [7, 11) is 8.24. The van der Waals surface area contributed by atoms with Crippen LogP contribution in [0.2, 0.25) is 0 Å². The van der Waals surface area contributed by atoms with Crippen LogP contribution in [0.25, 0.3) is 0 Å². The van der Waals surface area contributed by atoms with E-state index in [-0.39, 0.29) is 88.4 Å². The molecule has 0 N–H and O–H groups in total. The molecular formula is C62H88N8O16. The van der Waals surface area contributed by atoms with Gasteiger partial charge < -0.3 is 48.3 Å². The Morgan fingerprint density at radius 1 is 0.384 bits per heavy atom. The fourth-order valence-electron chi connectivity index (χ4n) is 10.7. The number of carbonyl (C=O) groups is 12. The molecule has 0 aliphatic carbocycles. The molecule has 0 bridgehead atoms. The molecule has 2 aromatic carbocycles. The summed E-state index contributed by atoms with van der Waals surface area (Å²) in [5, 5.41) is 0. The molecule has 8 atom stereocenters. The van der Waals surface area contributed by atoms with E-state index in [2.05, 4.69) is 0 Å². The number of cyclic esters (lactones) is 4. The minimum absolute atomic E-state index is 0.0133. The number of nitrogens with zero attached hydrogens (tertiary/aromatic N) is 8. The summed E-state index contributed by atoms with van der Waals surface area (Å²) in [4.78, 5) is 180. The van der Waals surface area contributed by atoms with Gasteiger partial charge in [-0.2, -0.15) is 0 Å². The highest BCUT2D eigenvalue weighted by atomic mass is 16.6. The molecule has 3 heterocycles. The molecule has 0 spiro atoms. The van der Waals surface area contributed by atoms with Crippen molar-refractivity contribution in [2.45, 2.75) is 169 Å². The van der Waals surface area contributed by atoms with Crippen LogP contribution in [0.4, 0.5) is 9.59 Å². The monoisotopic (exact) mass is 1200 g/mol. The van der Waals surface area contributed by atoms with Crippen molar-refractivity contribution in [2.75, 3.05) is 55.4 Å². The van der Waals surface area contributed by atoms with Gasteiger partial charge in [0.1, 0.15) is 37.3 Å². The molecule has 10 amide bonds. The number of hydrogen-bond acceptors (Lipinski definition) is 16. The van der Waals surface area contributed by atoms with Gasteiger partial charge >= 0.3 is 35.9 Å². The molecule has 86 heavy (non-hydrogen) atoms. The third-order valence-corrected chi connectivity index (χ3v) is 15.6. The third kappa shape index (κ3) is 17.2. The smallest absolute Gasteiger partial charge is 0.329 e. The first-order valence-electron chi connectivity index (χ1n) is 29.4. The summed E-state index contributed by atoms with van der Waals surface area (Å²) >= 11 is 0. The number of benzene rings is 2. The van der Waals surface area contributed by atoms with E-state index in [4.69, 9.17) is 18.9 Å². The van der Waals surface area contributed by atoms with Crippen molar-refractivity contribution in [1.29, 1.82) is 0 Å². The maximum absolute atomic E-state index is 15.2. The zero-order valence-corrected chi connectivity index (χ0v) is 52.7. The lowest BCUT2D eigenvalue weighted by atomic mass is 9.98. The second-order valence-electron chi connectivity index (χ2n) is 24.6. The van der Waals surface area contributed by atoms with E-state index < -0.39 is 120 Å². The zero-order valence-electron chi connectivity index (χ0n) is 52.7. The van der Waals surface area contributed by atoms with Crippen LogP contribution in [-0.2, 0) is 92.8 Å². The molecule has 3 saturated heterocycles. The molecular weight excluding hydrogens is 1110 g/mol. The fraction of sp³-hybridized carbons (Fsp3) is 0.613. The van der Waals surface area contributed by atoms with E-state index >= 15 is 9.59 Å². The van der Waals surface area contributed by atoms with Gasteiger partial charge in [0.2, 0.25) is 0 Å². The van der Waals surface area contributed by atoms with Crippen molar-refractivity contribution in [3.8, 4) is 0 Å². The highest BCUT2D eigenvalue weighted by Crippen LogP contribution is 2.27. The topological polar surface area (TPSA) is 268 Å². The maximum Gasteiger partial charge on any atom is 0.329 e. The van der Waals surface area contributed by atoms with Gasteiger partial charge in [0.25, 0.3) is 35.4 Å². The molecule has 3 aliphatic rings. The van der Waals surface area contributed by atoms with E-state index in [1.807, 2.05) is 0 Å². The quantitative estimate of drug-likeness (QED) is 0.128. The molecule has 0 aromatic heterocycles. The predicted molar refractivity (Wildman–Crippen MR) is 312 cm³/mol. The molecule has 5 rings (SSSR count). The van der Waals surface area contributed by atoms with Crippen molar-refractivity contribution in [1.82, 2.24) is 39.2 Å². The summed E-state index contributed by atoms with van der Waals surface area (Å²) in [5.41, 5.74) is 1.69. The largest absolute Gasteiger partial charge is 0.451 e. The van der Waals surface area contributed by atoms with Crippen LogP contribution in [0.5, 0.6) is 0 Å². The number of esters is 4. The van der Waals surface area contributed by atoms with Crippen LogP contribution in [0.1, 0.15) is 117 Å². The number of imide groups is 2. The number of urea groups is 2. The Balaban J connectivity index is 1.65. The highest BCUT2D eigenvalue weighted by Gasteiger charge is 2.44. The second kappa shape index (κ2) is 29.9. The Morgan fingerprint density at radius 2 is 0.640 bits per heavy atom. The lowest BCUT2D eigenvalue weighted by Gasteiger charge is -2.35. The minimum atomic E-state index is -1.72. The molecule has 24 nitrogen and oxygen atoms in total. The number of likely N-dealkylation sites (N-methyl/N-ethyl adjacent to an activating group) is 6. The highest BCUT2D eigenvalue weighted by molar-refractivity contribution is 6.02. The average Bonchev–Trinajstić information content (AvgIpc) is 2.45. The third-order valence-electron chi connectivity index (χ3n) is 15.6. The normalized spacial score (nSPS) is 24.5. The van der Waals surface area contributed by atoms with Crippen LogP contribution in [0.3, 0.4) is 0 Å². The van der Waals surface area contributed by atoms with Crippen LogP contribution >= 0.6 is 0 Å². The van der Waals surface area contributed by atoms with Gasteiger partial charge in [0.05, 0.1) is 13.1 Å². The number of amides is 10. The standard InChI is InChI=1S/C62H88N8O16/c1-35(2)25-45-57(77)83-39(9)53(73)65(13)48(28-38(7)8)60(80)86-50(30-42-22-18-20-24-44(42)32-70-52(72)34-64(12)62(70)82)56(76)68(16)46(26-36(3)4)58(78)84-40(10)54(74)66(14)47(27-37(5)6)59(79)85-49(55(75)67(45)15)29-41-21-17-19-23-43(41)31-69-51(71)33-63(11)61(69)81/h17-24,35-40,45-50H,25-34H2,1-16H3/t39-,40-,45+,46+,47+,48+,49-,50-/m1/s1. The van der Waals surface area contributed by atoms with Crippen LogP contribution < -0.4 is 0 Å². The van der Waals surface area contributed by atoms with Crippen LogP contribution in [0, 0.1) is 23.7 Å². The molecule has 0 unspecified atom stereocenters. The van der Waals surface area contributed by atoms with E-state index in [1.54, 1.807) is 104 Å². The molecule has 3 aliphatic heterocycles. The summed E-state index contributed by atoms with van der Waals surface area (Å²) in [5.74, 6) is -9.56. The minimum Gasteiger partial charge on any atom is -0.451 e. The molecule has 0 saturated carbocycles.